The highest BCUT2D eigenvalue weighted by atomic mass is 35.5. The third-order valence-corrected chi connectivity index (χ3v) is 8.44. The Kier molecular flexibility index (Phi) is 6.83. The predicted molar refractivity (Wildman–Crippen MR) is 130 cm³/mol. The first-order chi connectivity index (χ1) is 15.2. The number of nitrogens with two attached hydrogens (primary N) is 1. The molecule has 2 aromatic carbocycles. The van der Waals surface area contributed by atoms with Crippen molar-refractivity contribution < 1.29 is 13.2 Å². The molecule has 4 N–H and O–H groups in total. The van der Waals surface area contributed by atoms with E-state index < -0.39 is 15.9 Å². The number of thioether (sulfide) groups is 1. The molecule has 2 heterocycles. The molecular weight excluding hydrogens is 468 g/mol. The number of aromatic nitrogens is 1. The maximum absolute atomic E-state index is 13.2. The number of primary amides is 1. The third-order valence-electron chi connectivity index (χ3n) is 5.38. The number of hydrogen-bond donors (Lipinski definition) is 3. The number of nitrogens with one attached hydrogen (secondary N) is 2. The van der Waals surface area contributed by atoms with Crippen LogP contribution in [0.1, 0.15) is 23.0 Å². The molecule has 10 heteroatoms. The summed E-state index contributed by atoms with van der Waals surface area (Å²) in [6, 6.07) is 15.0. The Hall–Kier alpha value is -2.04. The molecule has 4 rings (SSSR count). The summed E-state index contributed by atoms with van der Waals surface area (Å²) in [5, 5.41) is 1.16. The first kappa shape index (κ1) is 23.1. The first-order valence-corrected chi connectivity index (χ1v) is 13.1. The summed E-state index contributed by atoms with van der Waals surface area (Å²) in [5.41, 5.74) is 7.02. The first-order valence-electron chi connectivity index (χ1n) is 10.3. The van der Waals surface area contributed by atoms with Crippen LogP contribution in [0.4, 0.5) is 0 Å². The van der Waals surface area contributed by atoms with Crippen molar-refractivity contribution in [3.8, 4) is 0 Å². The quantitative estimate of drug-likeness (QED) is 0.469. The van der Waals surface area contributed by atoms with Crippen LogP contribution in [0.5, 0.6) is 0 Å². The fourth-order valence-corrected chi connectivity index (χ4v) is 7.24. The minimum absolute atomic E-state index is 0.0723. The fourth-order valence-electron chi connectivity index (χ4n) is 4.09. The van der Waals surface area contributed by atoms with Crippen LogP contribution in [-0.2, 0) is 16.6 Å². The smallest absolute Gasteiger partial charge is 0.266 e. The highest BCUT2D eigenvalue weighted by Crippen LogP contribution is 2.30. The lowest BCUT2D eigenvalue weighted by Gasteiger charge is -2.36. The van der Waals surface area contributed by atoms with E-state index in [0.717, 1.165) is 19.6 Å². The summed E-state index contributed by atoms with van der Waals surface area (Å²) in [4.78, 5) is 16.9. The summed E-state index contributed by atoms with van der Waals surface area (Å²) in [5.74, 6) is -0.840. The third kappa shape index (κ3) is 5.13. The highest BCUT2D eigenvalue weighted by Gasteiger charge is 2.30. The van der Waals surface area contributed by atoms with Gasteiger partial charge in [-0.1, -0.05) is 48.9 Å². The lowest BCUT2D eigenvalue weighted by molar-refractivity contribution is 0.0993. The van der Waals surface area contributed by atoms with E-state index in [0.29, 0.717) is 21.2 Å². The molecule has 7 nitrogen and oxygen atoms in total. The van der Waals surface area contributed by atoms with E-state index in [4.69, 9.17) is 17.3 Å². The van der Waals surface area contributed by atoms with Gasteiger partial charge in [-0.2, -0.15) is 11.8 Å². The van der Waals surface area contributed by atoms with E-state index in [1.165, 1.54) is 11.6 Å². The Balaban J connectivity index is 1.52. The molecule has 2 atom stereocenters. The van der Waals surface area contributed by atoms with Crippen molar-refractivity contribution in [2.24, 2.45) is 5.73 Å². The molecule has 1 aliphatic heterocycles. The number of halogens is 1. The fraction of sp³-hybridized carbons (Fsp3) is 0.318. The maximum Gasteiger partial charge on any atom is 0.266 e. The van der Waals surface area contributed by atoms with Crippen molar-refractivity contribution in [1.82, 2.24) is 14.6 Å². The summed E-state index contributed by atoms with van der Waals surface area (Å²) in [6.45, 7) is 4.91. The number of sulfonamides is 1. The van der Waals surface area contributed by atoms with Crippen LogP contribution in [-0.4, -0.2) is 54.3 Å². The van der Waals surface area contributed by atoms with Gasteiger partial charge in [0, 0.05) is 52.6 Å². The highest BCUT2D eigenvalue weighted by molar-refractivity contribution is 8.00. The number of benzene rings is 2. The number of rotatable bonds is 7. The van der Waals surface area contributed by atoms with Gasteiger partial charge in [-0.25, -0.2) is 13.1 Å². The standard InChI is InChI=1S/C22H25ClN4O3S2/c1-14-11-27(12-15-5-3-2-4-6-15)13-17(31-14)10-25-32(29,30)21-18-9-16(23)7-8-19(18)26-20(21)22(24)28/h2-9,14,17,25-26H,10-13H2,1H3,(H2,24,28). The van der Waals surface area contributed by atoms with Gasteiger partial charge in [0.1, 0.15) is 10.6 Å². The molecule has 170 valence electrons. The van der Waals surface area contributed by atoms with Gasteiger partial charge in [0.2, 0.25) is 10.0 Å². The summed E-state index contributed by atoms with van der Waals surface area (Å²) >= 11 is 7.84. The summed E-state index contributed by atoms with van der Waals surface area (Å²) in [7, 11) is -4.00. The number of H-pyrrole nitrogens is 1. The molecule has 0 radical (unpaired) electrons. The van der Waals surface area contributed by atoms with Crippen molar-refractivity contribution in [3.63, 3.8) is 0 Å². The largest absolute Gasteiger partial charge is 0.364 e. The van der Waals surface area contributed by atoms with E-state index in [2.05, 4.69) is 33.7 Å². The van der Waals surface area contributed by atoms with Crippen molar-refractivity contribution in [2.45, 2.75) is 28.9 Å². The van der Waals surface area contributed by atoms with E-state index in [1.807, 2.05) is 18.2 Å². The Morgan fingerprint density at radius 3 is 2.72 bits per heavy atom. The zero-order chi connectivity index (χ0) is 22.9. The van der Waals surface area contributed by atoms with Gasteiger partial charge in [-0.05, 0) is 23.8 Å². The monoisotopic (exact) mass is 492 g/mol. The van der Waals surface area contributed by atoms with Gasteiger partial charge in [-0.15, -0.1) is 0 Å². The average Bonchev–Trinajstić information content (AvgIpc) is 3.13. The molecule has 0 spiro atoms. The topological polar surface area (TPSA) is 108 Å². The zero-order valence-corrected chi connectivity index (χ0v) is 19.9. The number of carbonyl (C=O) groups excluding carboxylic acids is 1. The summed E-state index contributed by atoms with van der Waals surface area (Å²) < 4.78 is 29.2. The normalized spacial score (nSPS) is 19.9. The number of hydrogen-bond acceptors (Lipinski definition) is 5. The van der Waals surface area contributed by atoms with Crippen LogP contribution in [0.15, 0.2) is 53.4 Å². The summed E-state index contributed by atoms with van der Waals surface area (Å²) in [6.07, 6.45) is 0. The van der Waals surface area contributed by atoms with Gasteiger partial charge in [0.15, 0.2) is 0 Å². The predicted octanol–water partition coefficient (Wildman–Crippen LogP) is 3.20. The Bertz CT molecular complexity index is 1230. The lowest BCUT2D eigenvalue weighted by Crippen LogP contribution is -2.45. The van der Waals surface area contributed by atoms with Gasteiger partial charge in [0.05, 0.1) is 0 Å². The lowest BCUT2D eigenvalue weighted by atomic mass is 10.2. The molecule has 32 heavy (non-hydrogen) atoms. The second kappa shape index (κ2) is 9.44. The average molecular weight is 493 g/mol. The number of amides is 1. The van der Waals surface area contributed by atoms with Crippen molar-refractivity contribution in [1.29, 1.82) is 0 Å². The molecule has 1 aromatic heterocycles. The molecular formula is C22H25ClN4O3S2. The minimum atomic E-state index is -4.00. The molecule has 2 unspecified atom stereocenters. The molecule has 1 fully saturated rings. The van der Waals surface area contributed by atoms with Gasteiger partial charge in [-0.3, -0.25) is 9.69 Å². The molecule has 3 aromatic rings. The van der Waals surface area contributed by atoms with Gasteiger partial charge >= 0.3 is 0 Å². The number of carbonyl (C=O) groups is 1. The molecule has 1 aliphatic rings. The minimum Gasteiger partial charge on any atom is -0.364 e. The Morgan fingerprint density at radius 1 is 1.25 bits per heavy atom. The van der Waals surface area contributed by atoms with Crippen LogP contribution in [0, 0.1) is 0 Å². The van der Waals surface area contributed by atoms with Crippen LogP contribution in [0.3, 0.4) is 0 Å². The van der Waals surface area contributed by atoms with Crippen molar-refractivity contribution >= 4 is 50.2 Å². The molecule has 0 bridgehead atoms. The van der Waals surface area contributed by atoms with Crippen LogP contribution in [0.25, 0.3) is 10.9 Å². The SMILES string of the molecule is CC1CN(Cc2ccccc2)CC(CNS(=O)(=O)c2c(C(N)=O)[nH]c3ccc(Cl)cc23)S1. The van der Waals surface area contributed by atoms with Crippen LogP contribution in [0.2, 0.25) is 5.02 Å². The molecule has 1 saturated heterocycles. The van der Waals surface area contributed by atoms with E-state index in [9.17, 15) is 13.2 Å². The molecule has 1 amide bonds. The molecule has 0 saturated carbocycles. The molecule has 0 aliphatic carbocycles. The zero-order valence-electron chi connectivity index (χ0n) is 17.5. The second-order valence-electron chi connectivity index (χ2n) is 7.98. The number of nitrogens with zero attached hydrogens (tertiary/aromatic N) is 1. The maximum atomic E-state index is 13.2. The number of aromatic amines is 1. The van der Waals surface area contributed by atoms with Gasteiger partial charge in [0.25, 0.3) is 5.91 Å². The van der Waals surface area contributed by atoms with E-state index in [1.54, 1.807) is 23.9 Å². The Morgan fingerprint density at radius 2 is 2.00 bits per heavy atom. The van der Waals surface area contributed by atoms with Crippen molar-refractivity contribution in [3.05, 3.63) is 64.8 Å². The van der Waals surface area contributed by atoms with Crippen LogP contribution >= 0.6 is 23.4 Å². The Labute approximate surface area is 196 Å². The second-order valence-corrected chi connectivity index (χ2v) is 11.9. The van der Waals surface area contributed by atoms with E-state index >= 15 is 0 Å². The number of fused-ring (bicyclic) bond motifs is 1. The van der Waals surface area contributed by atoms with Gasteiger partial charge < -0.3 is 10.7 Å². The van der Waals surface area contributed by atoms with Crippen LogP contribution < -0.4 is 10.5 Å². The van der Waals surface area contributed by atoms with E-state index in [-0.39, 0.29) is 22.4 Å². The van der Waals surface area contributed by atoms with Crippen molar-refractivity contribution in [2.75, 3.05) is 19.6 Å².